The molecular formula is C14H15ClN4O. The first-order chi connectivity index (χ1) is 9.78. The SMILES string of the molecule is O=CNN1CCN(c2ccnc3cc(Cl)ccc23)CC1. The summed E-state index contributed by atoms with van der Waals surface area (Å²) in [6.45, 7) is 3.33. The lowest BCUT2D eigenvalue weighted by molar-refractivity contribution is -0.113. The first-order valence-corrected chi connectivity index (χ1v) is 6.90. The molecule has 20 heavy (non-hydrogen) atoms. The topological polar surface area (TPSA) is 48.5 Å². The summed E-state index contributed by atoms with van der Waals surface area (Å²) >= 11 is 6.01. The number of hydrogen-bond donors (Lipinski definition) is 1. The number of pyridine rings is 1. The Kier molecular flexibility index (Phi) is 3.71. The molecule has 0 aliphatic carbocycles. The molecule has 0 atom stereocenters. The molecule has 6 heteroatoms. The van der Waals surface area contributed by atoms with Crippen molar-refractivity contribution in [3.8, 4) is 0 Å². The second-order valence-corrected chi connectivity index (χ2v) is 5.15. The van der Waals surface area contributed by atoms with E-state index in [1.165, 1.54) is 0 Å². The first kappa shape index (κ1) is 13.1. The van der Waals surface area contributed by atoms with E-state index in [1.807, 2.05) is 35.5 Å². The molecule has 0 bridgehead atoms. The summed E-state index contributed by atoms with van der Waals surface area (Å²) in [4.78, 5) is 17.1. The zero-order valence-electron chi connectivity index (χ0n) is 10.9. The van der Waals surface area contributed by atoms with Gasteiger partial charge in [-0.3, -0.25) is 15.2 Å². The number of carbonyl (C=O) groups is 1. The van der Waals surface area contributed by atoms with Crippen LogP contribution >= 0.6 is 11.6 Å². The molecule has 0 saturated carbocycles. The second kappa shape index (κ2) is 5.64. The van der Waals surface area contributed by atoms with Crippen LogP contribution in [0.25, 0.3) is 10.9 Å². The standard InChI is InChI=1S/C14H15ClN4O/c15-11-1-2-12-13(9-11)16-4-3-14(12)18-5-7-19(8-6-18)17-10-20/h1-4,9-10H,5-8H2,(H,17,20). The number of halogens is 1. The normalized spacial score (nSPS) is 16.4. The maximum absolute atomic E-state index is 10.4. The predicted molar refractivity (Wildman–Crippen MR) is 79.7 cm³/mol. The molecule has 1 aromatic carbocycles. The number of nitrogens with zero attached hydrogens (tertiary/aromatic N) is 3. The molecule has 1 N–H and O–H groups in total. The van der Waals surface area contributed by atoms with Gasteiger partial charge in [-0.15, -0.1) is 0 Å². The van der Waals surface area contributed by atoms with E-state index in [4.69, 9.17) is 11.6 Å². The molecule has 5 nitrogen and oxygen atoms in total. The van der Waals surface area contributed by atoms with Gasteiger partial charge in [-0.1, -0.05) is 11.6 Å². The molecule has 2 aromatic rings. The van der Waals surface area contributed by atoms with E-state index < -0.39 is 0 Å². The van der Waals surface area contributed by atoms with Crippen molar-refractivity contribution in [3.05, 3.63) is 35.5 Å². The summed E-state index contributed by atoms with van der Waals surface area (Å²) in [7, 11) is 0. The molecule has 104 valence electrons. The van der Waals surface area contributed by atoms with E-state index in [9.17, 15) is 4.79 Å². The summed E-state index contributed by atoms with van der Waals surface area (Å²) in [5.74, 6) is 0. The van der Waals surface area contributed by atoms with Gasteiger partial charge >= 0.3 is 0 Å². The highest BCUT2D eigenvalue weighted by atomic mass is 35.5. The van der Waals surface area contributed by atoms with Gasteiger partial charge in [0.25, 0.3) is 0 Å². The van der Waals surface area contributed by atoms with Gasteiger partial charge in [0.15, 0.2) is 0 Å². The number of rotatable bonds is 3. The molecule has 1 saturated heterocycles. The van der Waals surface area contributed by atoms with Crippen LogP contribution in [-0.2, 0) is 4.79 Å². The number of amides is 1. The van der Waals surface area contributed by atoms with E-state index in [0.717, 1.165) is 49.2 Å². The lowest BCUT2D eigenvalue weighted by Crippen LogP contribution is -2.51. The summed E-state index contributed by atoms with van der Waals surface area (Å²) in [6.07, 6.45) is 2.53. The van der Waals surface area contributed by atoms with Crippen molar-refractivity contribution in [3.63, 3.8) is 0 Å². The number of piperazine rings is 1. The zero-order valence-corrected chi connectivity index (χ0v) is 11.7. The van der Waals surface area contributed by atoms with Crippen molar-refractivity contribution in [1.82, 2.24) is 15.4 Å². The minimum atomic E-state index is 0.696. The third kappa shape index (κ3) is 2.55. The fourth-order valence-corrected chi connectivity index (χ4v) is 2.70. The number of aromatic nitrogens is 1. The molecule has 0 radical (unpaired) electrons. The lowest BCUT2D eigenvalue weighted by atomic mass is 10.1. The first-order valence-electron chi connectivity index (χ1n) is 6.52. The Morgan fingerprint density at radius 2 is 2.00 bits per heavy atom. The molecular weight excluding hydrogens is 276 g/mol. The molecule has 1 fully saturated rings. The van der Waals surface area contributed by atoms with Crippen LogP contribution in [0.4, 0.5) is 5.69 Å². The monoisotopic (exact) mass is 290 g/mol. The molecule has 0 unspecified atom stereocenters. The fourth-order valence-electron chi connectivity index (χ4n) is 2.53. The number of hydrogen-bond acceptors (Lipinski definition) is 4. The van der Waals surface area contributed by atoms with Gasteiger partial charge in [0, 0.05) is 48.5 Å². The van der Waals surface area contributed by atoms with Crippen molar-refractivity contribution >= 4 is 34.6 Å². The van der Waals surface area contributed by atoms with Crippen molar-refractivity contribution in [1.29, 1.82) is 0 Å². The molecule has 0 spiro atoms. The Morgan fingerprint density at radius 3 is 2.75 bits per heavy atom. The van der Waals surface area contributed by atoms with Crippen LogP contribution in [0, 0.1) is 0 Å². The lowest BCUT2D eigenvalue weighted by Gasteiger charge is -2.35. The Balaban J connectivity index is 1.86. The van der Waals surface area contributed by atoms with Gasteiger partial charge in [-0.2, -0.15) is 0 Å². The zero-order chi connectivity index (χ0) is 13.9. The van der Waals surface area contributed by atoms with Gasteiger partial charge < -0.3 is 4.90 Å². The van der Waals surface area contributed by atoms with Crippen molar-refractivity contribution in [2.24, 2.45) is 0 Å². The number of nitrogens with one attached hydrogen (secondary N) is 1. The minimum absolute atomic E-state index is 0.696. The Hall–Kier alpha value is -1.85. The van der Waals surface area contributed by atoms with E-state index >= 15 is 0 Å². The maximum atomic E-state index is 10.4. The number of benzene rings is 1. The van der Waals surface area contributed by atoms with E-state index in [0.29, 0.717) is 5.02 Å². The average Bonchev–Trinajstić information content (AvgIpc) is 2.47. The molecule has 1 amide bonds. The number of anilines is 1. The Morgan fingerprint density at radius 1 is 1.20 bits per heavy atom. The van der Waals surface area contributed by atoms with Crippen LogP contribution < -0.4 is 10.3 Å². The minimum Gasteiger partial charge on any atom is -0.368 e. The van der Waals surface area contributed by atoms with Gasteiger partial charge in [-0.05, 0) is 24.3 Å². The highest BCUT2D eigenvalue weighted by Gasteiger charge is 2.18. The molecule has 1 aromatic heterocycles. The van der Waals surface area contributed by atoms with E-state index in [1.54, 1.807) is 0 Å². The van der Waals surface area contributed by atoms with Crippen LogP contribution in [0.15, 0.2) is 30.5 Å². The van der Waals surface area contributed by atoms with Crippen LogP contribution in [0.1, 0.15) is 0 Å². The highest BCUT2D eigenvalue weighted by molar-refractivity contribution is 6.31. The van der Waals surface area contributed by atoms with E-state index in [-0.39, 0.29) is 0 Å². The second-order valence-electron chi connectivity index (χ2n) is 4.71. The van der Waals surface area contributed by atoms with Crippen molar-refractivity contribution < 1.29 is 4.79 Å². The van der Waals surface area contributed by atoms with Gasteiger partial charge in [0.05, 0.1) is 5.52 Å². The predicted octanol–water partition coefficient (Wildman–Crippen LogP) is 1.67. The van der Waals surface area contributed by atoms with Crippen LogP contribution in [-0.4, -0.2) is 42.6 Å². The fraction of sp³-hybridized carbons (Fsp3) is 0.286. The maximum Gasteiger partial charge on any atom is 0.221 e. The van der Waals surface area contributed by atoms with E-state index in [2.05, 4.69) is 15.3 Å². The Labute approximate surface area is 122 Å². The summed E-state index contributed by atoms with van der Waals surface area (Å²) < 4.78 is 0. The number of hydrazine groups is 1. The smallest absolute Gasteiger partial charge is 0.221 e. The van der Waals surface area contributed by atoms with Gasteiger partial charge in [0.2, 0.25) is 6.41 Å². The van der Waals surface area contributed by atoms with Crippen LogP contribution in [0.2, 0.25) is 5.02 Å². The number of carbonyl (C=O) groups excluding carboxylic acids is 1. The van der Waals surface area contributed by atoms with Crippen LogP contribution in [0.5, 0.6) is 0 Å². The molecule has 3 rings (SSSR count). The molecule has 2 heterocycles. The molecule has 1 aliphatic rings. The average molecular weight is 291 g/mol. The number of fused-ring (bicyclic) bond motifs is 1. The quantitative estimate of drug-likeness (QED) is 0.874. The Bertz CT molecular complexity index is 626. The molecule has 1 aliphatic heterocycles. The summed E-state index contributed by atoms with van der Waals surface area (Å²) in [5, 5.41) is 3.72. The third-order valence-corrected chi connectivity index (χ3v) is 3.77. The largest absolute Gasteiger partial charge is 0.368 e. The van der Waals surface area contributed by atoms with Crippen LogP contribution in [0.3, 0.4) is 0 Å². The summed E-state index contributed by atoms with van der Waals surface area (Å²) in [6, 6.07) is 7.80. The van der Waals surface area contributed by atoms with Gasteiger partial charge in [0.1, 0.15) is 0 Å². The van der Waals surface area contributed by atoms with Gasteiger partial charge in [-0.25, -0.2) is 5.01 Å². The third-order valence-electron chi connectivity index (χ3n) is 3.54. The van der Waals surface area contributed by atoms with Crippen molar-refractivity contribution in [2.75, 3.05) is 31.1 Å². The highest BCUT2D eigenvalue weighted by Crippen LogP contribution is 2.27. The summed E-state index contributed by atoms with van der Waals surface area (Å²) in [5.41, 5.74) is 4.77. The van der Waals surface area contributed by atoms with Crippen molar-refractivity contribution in [2.45, 2.75) is 0 Å².